The summed E-state index contributed by atoms with van der Waals surface area (Å²) in [4.78, 5) is 17.6. The Morgan fingerprint density at radius 1 is 0.968 bits per heavy atom. The monoisotopic (exact) mass is 418 g/mol. The van der Waals surface area contributed by atoms with Gasteiger partial charge >= 0.3 is 0 Å². The second-order valence-electron chi connectivity index (χ2n) is 8.54. The minimum atomic E-state index is 0.0572. The zero-order valence-electron chi connectivity index (χ0n) is 19.5. The van der Waals surface area contributed by atoms with Gasteiger partial charge in [0.15, 0.2) is 0 Å². The largest absolute Gasteiger partial charge is 0.362 e. The van der Waals surface area contributed by atoms with Gasteiger partial charge in [-0.1, -0.05) is 57.2 Å². The van der Waals surface area contributed by atoms with Gasteiger partial charge < -0.3 is 9.80 Å². The molecule has 0 aliphatic heterocycles. The number of hydrogen-bond donors (Lipinski definition) is 0. The van der Waals surface area contributed by atoms with Gasteiger partial charge in [-0.3, -0.25) is 4.79 Å². The molecule has 2 aromatic carbocycles. The van der Waals surface area contributed by atoms with Crippen molar-refractivity contribution in [1.29, 1.82) is 0 Å². The molecule has 0 fully saturated rings. The summed E-state index contributed by atoms with van der Waals surface area (Å²) in [6, 6.07) is 19.9. The van der Waals surface area contributed by atoms with Crippen LogP contribution in [0.25, 0.3) is 5.69 Å². The molecule has 1 atom stereocenters. The molecular formula is C26H34N4O. The molecule has 0 bridgehead atoms. The highest BCUT2D eigenvalue weighted by molar-refractivity contribution is 5.94. The molecule has 164 valence electrons. The Balaban J connectivity index is 2.12. The van der Waals surface area contributed by atoms with Crippen LogP contribution >= 0.6 is 0 Å². The topological polar surface area (TPSA) is 41.4 Å². The second-order valence-corrected chi connectivity index (χ2v) is 8.54. The molecule has 31 heavy (non-hydrogen) atoms. The van der Waals surface area contributed by atoms with E-state index in [2.05, 4.69) is 44.7 Å². The molecule has 0 unspecified atom stereocenters. The lowest BCUT2D eigenvalue weighted by atomic mass is 10.0. The van der Waals surface area contributed by atoms with Crippen molar-refractivity contribution in [2.45, 2.75) is 52.6 Å². The highest BCUT2D eigenvalue weighted by atomic mass is 16.2. The van der Waals surface area contributed by atoms with E-state index < -0.39 is 0 Å². The van der Waals surface area contributed by atoms with Crippen molar-refractivity contribution >= 4 is 11.7 Å². The summed E-state index contributed by atoms with van der Waals surface area (Å²) in [5.41, 5.74) is 3.87. The molecule has 5 nitrogen and oxygen atoms in total. The number of carbonyl (C=O) groups is 1. The first-order valence-electron chi connectivity index (χ1n) is 11.1. The maximum absolute atomic E-state index is 13.5. The molecule has 0 saturated heterocycles. The number of nitrogens with zero attached hydrogens (tertiary/aromatic N) is 4. The zero-order chi connectivity index (χ0) is 22.5. The normalized spacial score (nSPS) is 12.1. The van der Waals surface area contributed by atoms with Crippen molar-refractivity contribution in [2.24, 2.45) is 0 Å². The molecule has 5 heteroatoms. The average molecular weight is 419 g/mol. The summed E-state index contributed by atoms with van der Waals surface area (Å²) in [6.07, 6.45) is 0.889. The number of rotatable bonds is 8. The van der Waals surface area contributed by atoms with Gasteiger partial charge in [0.05, 0.1) is 17.9 Å². The van der Waals surface area contributed by atoms with Gasteiger partial charge in [0.2, 0.25) is 0 Å². The van der Waals surface area contributed by atoms with E-state index in [-0.39, 0.29) is 17.9 Å². The Morgan fingerprint density at radius 2 is 1.55 bits per heavy atom. The Morgan fingerprint density at radius 3 is 2.06 bits per heavy atom. The van der Waals surface area contributed by atoms with E-state index >= 15 is 0 Å². The lowest BCUT2D eigenvalue weighted by molar-refractivity contribution is 0.0671. The van der Waals surface area contributed by atoms with Gasteiger partial charge in [0, 0.05) is 31.3 Å². The first kappa shape index (κ1) is 22.6. The molecule has 1 heterocycles. The highest BCUT2D eigenvalue weighted by Crippen LogP contribution is 2.32. The summed E-state index contributed by atoms with van der Waals surface area (Å²) in [5, 5.41) is 5.01. The van der Waals surface area contributed by atoms with E-state index in [1.807, 2.05) is 72.2 Å². The molecule has 0 saturated carbocycles. The van der Waals surface area contributed by atoms with E-state index in [4.69, 9.17) is 5.10 Å². The maximum Gasteiger partial charge on any atom is 0.254 e. The Labute approximate surface area is 186 Å². The summed E-state index contributed by atoms with van der Waals surface area (Å²) < 4.78 is 2.01. The van der Waals surface area contributed by atoms with Crippen LogP contribution in [0.5, 0.6) is 0 Å². The average Bonchev–Trinajstić information content (AvgIpc) is 3.17. The van der Waals surface area contributed by atoms with Gasteiger partial charge in [-0.05, 0) is 43.5 Å². The van der Waals surface area contributed by atoms with Crippen LogP contribution in [0.3, 0.4) is 0 Å². The Bertz CT molecular complexity index is 993. The first-order chi connectivity index (χ1) is 14.8. The van der Waals surface area contributed by atoms with Gasteiger partial charge in [0.1, 0.15) is 5.82 Å². The van der Waals surface area contributed by atoms with Crippen molar-refractivity contribution < 1.29 is 4.79 Å². The molecule has 0 radical (unpaired) electrons. The van der Waals surface area contributed by atoms with Gasteiger partial charge in [-0.2, -0.15) is 5.10 Å². The standard InChI is InChI=1S/C26H34N4O/c1-7-20(4)29(26(31)21-14-10-8-11-15-21)18-23-24(19(2)3)27-30(25(23)28(5)6)22-16-12-9-13-17-22/h8-17,19-20H,7,18H2,1-6H3/t20-/m0/s1. The smallest absolute Gasteiger partial charge is 0.254 e. The van der Waals surface area contributed by atoms with E-state index in [9.17, 15) is 4.79 Å². The Kier molecular flexibility index (Phi) is 7.16. The number of amides is 1. The molecule has 1 amide bonds. The quantitative estimate of drug-likeness (QED) is 0.485. The van der Waals surface area contributed by atoms with Crippen molar-refractivity contribution in [3.05, 3.63) is 77.5 Å². The number of para-hydroxylation sites is 1. The second kappa shape index (κ2) is 9.82. The third-order valence-electron chi connectivity index (χ3n) is 5.69. The van der Waals surface area contributed by atoms with E-state index in [1.165, 1.54) is 0 Å². The summed E-state index contributed by atoms with van der Waals surface area (Å²) >= 11 is 0. The van der Waals surface area contributed by atoms with Crippen molar-refractivity contribution in [3.63, 3.8) is 0 Å². The fraction of sp³-hybridized carbons (Fsp3) is 0.385. The van der Waals surface area contributed by atoms with Crippen LogP contribution in [0.2, 0.25) is 0 Å². The Hall–Kier alpha value is -3.08. The van der Waals surface area contributed by atoms with Crippen LogP contribution in [-0.2, 0) is 6.54 Å². The van der Waals surface area contributed by atoms with Crippen LogP contribution in [-0.4, -0.2) is 40.7 Å². The van der Waals surface area contributed by atoms with E-state index in [0.717, 1.165) is 34.7 Å². The van der Waals surface area contributed by atoms with Crippen molar-refractivity contribution in [2.75, 3.05) is 19.0 Å². The van der Waals surface area contributed by atoms with Crippen LogP contribution in [0.1, 0.15) is 61.6 Å². The molecular weight excluding hydrogens is 384 g/mol. The molecule has 0 N–H and O–H groups in total. The summed E-state index contributed by atoms with van der Waals surface area (Å²) in [7, 11) is 4.08. The molecule has 1 aromatic heterocycles. The first-order valence-corrected chi connectivity index (χ1v) is 11.1. The van der Waals surface area contributed by atoms with Crippen molar-refractivity contribution in [1.82, 2.24) is 14.7 Å². The zero-order valence-corrected chi connectivity index (χ0v) is 19.5. The number of hydrogen-bond acceptors (Lipinski definition) is 3. The number of aromatic nitrogens is 2. The van der Waals surface area contributed by atoms with E-state index in [0.29, 0.717) is 6.54 Å². The molecule has 3 aromatic rings. The lowest BCUT2D eigenvalue weighted by Gasteiger charge is -2.30. The SMILES string of the molecule is CC[C@H](C)N(Cc1c(C(C)C)nn(-c2ccccc2)c1N(C)C)C(=O)c1ccccc1. The van der Waals surface area contributed by atoms with Gasteiger partial charge in [0.25, 0.3) is 5.91 Å². The lowest BCUT2D eigenvalue weighted by Crippen LogP contribution is -2.38. The van der Waals surface area contributed by atoms with Crippen LogP contribution in [0.4, 0.5) is 5.82 Å². The summed E-state index contributed by atoms with van der Waals surface area (Å²) in [6.45, 7) is 9.09. The predicted molar refractivity (Wildman–Crippen MR) is 128 cm³/mol. The van der Waals surface area contributed by atoms with Crippen LogP contribution in [0.15, 0.2) is 60.7 Å². The molecule has 0 spiro atoms. The summed E-state index contributed by atoms with van der Waals surface area (Å²) in [5.74, 6) is 1.31. The van der Waals surface area contributed by atoms with Crippen LogP contribution in [0, 0.1) is 0 Å². The third kappa shape index (κ3) is 4.82. The predicted octanol–water partition coefficient (Wildman–Crippen LogP) is 5.50. The minimum Gasteiger partial charge on any atom is -0.362 e. The van der Waals surface area contributed by atoms with E-state index in [1.54, 1.807) is 0 Å². The van der Waals surface area contributed by atoms with Gasteiger partial charge in [-0.25, -0.2) is 4.68 Å². The van der Waals surface area contributed by atoms with Crippen molar-refractivity contribution in [3.8, 4) is 5.69 Å². The fourth-order valence-corrected chi connectivity index (χ4v) is 3.85. The highest BCUT2D eigenvalue weighted by Gasteiger charge is 2.28. The number of carbonyl (C=O) groups excluding carboxylic acids is 1. The number of anilines is 1. The third-order valence-corrected chi connectivity index (χ3v) is 5.69. The minimum absolute atomic E-state index is 0.0572. The maximum atomic E-state index is 13.5. The molecule has 0 aliphatic rings. The van der Waals surface area contributed by atoms with Crippen LogP contribution < -0.4 is 4.90 Å². The molecule has 3 rings (SSSR count). The fourth-order valence-electron chi connectivity index (χ4n) is 3.85. The molecule has 0 aliphatic carbocycles. The number of benzene rings is 2. The van der Waals surface area contributed by atoms with Gasteiger partial charge in [-0.15, -0.1) is 0 Å².